The Hall–Kier alpha value is -1.90. The van der Waals surface area contributed by atoms with Gasteiger partial charge in [-0.2, -0.15) is 4.98 Å². The van der Waals surface area contributed by atoms with Crippen LogP contribution < -0.4 is 10.2 Å². The fraction of sp³-hybridized carbons (Fsp3) is 0.667. The van der Waals surface area contributed by atoms with E-state index in [2.05, 4.69) is 20.2 Å². The molecule has 0 saturated carbocycles. The average Bonchev–Trinajstić information content (AvgIpc) is 2.85. The van der Waals surface area contributed by atoms with Crippen LogP contribution in [0.5, 0.6) is 0 Å². The third-order valence-corrected chi connectivity index (χ3v) is 6.20. The lowest BCUT2D eigenvalue weighted by atomic mass is 10.2. The molecule has 132 valence electrons. The van der Waals surface area contributed by atoms with E-state index in [1.165, 1.54) is 0 Å². The first-order valence-corrected chi connectivity index (χ1v) is 9.98. The molecule has 2 fully saturated rings. The fourth-order valence-electron chi connectivity index (χ4n) is 3.11. The van der Waals surface area contributed by atoms with Crippen LogP contribution in [0, 0.1) is 6.92 Å². The summed E-state index contributed by atoms with van der Waals surface area (Å²) in [7, 11) is -2.92. The van der Waals surface area contributed by atoms with Crippen molar-refractivity contribution in [3.63, 3.8) is 0 Å². The van der Waals surface area contributed by atoms with E-state index in [4.69, 9.17) is 0 Å². The van der Waals surface area contributed by atoms with Crippen LogP contribution in [0.2, 0.25) is 0 Å². The quantitative estimate of drug-likeness (QED) is 0.820. The maximum Gasteiger partial charge on any atom is 0.227 e. The van der Waals surface area contributed by atoms with E-state index in [1.807, 2.05) is 17.9 Å². The number of rotatable bonds is 3. The predicted molar refractivity (Wildman–Crippen MR) is 91.9 cm³/mol. The highest BCUT2D eigenvalue weighted by Crippen LogP contribution is 2.20. The minimum Gasteiger partial charge on any atom is -0.366 e. The van der Waals surface area contributed by atoms with Crippen molar-refractivity contribution in [2.24, 2.45) is 0 Å². The van der Waals surface area contributed by atoms with Crippen LogP contribution in [-0.4, -0.2) is 72.9 Å². The second kappa shape index (κ2) is 6.54. The second-order valence-electron chi connectivity index (χ2n) is 6.43. The Balaban J connectivity index is 1.69. The lowest BCUT2D eigenvalue weighted by molar-refractivity contribution is -0.129. The fourth-order valence-corrected chi connectivity index (χ4v) is 4.78. The summed E-state index contributed by atoms with van der Waals surface area (Å²) in [6.07, 6.45) is 0.609. The van der Waals surface area contributed by atoms with Crippen molar-refractivity contribution in [3.05, 3.63) is 11.8 Å². The van der Waals surface area contributed by atoms with Crippen LogP contribution in [0.25, 0.3) is 0 Å². The van der Waals surface area contributed by atoms with E-state index < -0.39 is 9.84 Å². The SMILES string of the molecule is CC(=O)N1CCN(c2nc(C)cc(NC3CCS(=O)(=O)C3)n2)CC1. The number of hydrogen-bond donors (Lipinski definition) is 1. The molecule has 1 aromatic heterocycles. The minimum atomic E-state index is -2.92. The molecule has 2 aliphatic rings. The van der Waals surface area contributed by atoms with Crippen LogP contribution in [0.4, 0.5) is 11.8 Å². The molecule has 2 saturated heterocycles. The van der Waals surface area contributed by atoms with Gasteiger partial charge in [-0.15, -0.1) is 0 Å². The number of sulfone groups is 1. The van der Waals surface area contributed by atoms with Gasteiger partial charge in [0.2, 0.25) is 11.9 Å². The number of aryl methyl sites for hydroxylation is 1. The number of carbonyl (C=O) groups excluding carboxylic acids is 1. The first-order valence-electron chi connectivity index (χ1n) is 8.15. The number of piperazine rings is 1. The Morgan fingerprint density at radius 2 is 1.96 bits per heavy atom. The average molecular weight is 353 g/mol. The minimum absolute atomic E-state index is 0.0876. The van der Waals surface area contributed by atoms with Gasteiger partial charge < -0.3 is 15.1 Å². The zero-order chi connectivity index (χ0) is 17.3. The summed E-state index contributed by atoms with van der Waals surface area (Å²) in [5, 5.41) is 3.22. The Morgan fingerprint density at radius 1 is 1.25 bits per heavy atom. The third kappa shape index (κ3) is 3.95. The van der Waals surface area contributed by atoms with E-state index in [9.17, 15) is 13.2 Å². The topological polar surface area (TPSA) is 95.5 Å². The molecular formula is C15H23N5O3S. The van der Waals surface area contributed by atoms with E-state index in [0.29, 0.717) is 44.4 Å². The summed E-state index contributed by atoms with van der Waals surface area (Å²) in [4.78, 5) is 24.3. The van der Waals surface area contributed by atoms with Crippen LogP contribution in [-0.2, 0) is 14.6 Å². The standard InChI is InChI=1S/C15H23N5O3S/c1-11-9-14(17-13-3-8-24(22,23)10-13)18-15(16-11)20-6-4-19(5-7-20)12(2)21/h9,13H,3-8,10H2,1-2H3,(H,16,17,18). The molecule has 8 nitrogen and oxygen atoms in total. The van der Waals surface area contributed by atoms with E-state index in [-0.39, 0.29) is 23.5 Å². The number of anilines is 2. The van der Waals surface area contributed by atoms with Gasteiger partial charge in [-0.25, -0.2) is 13.4 Å². The van der Waals surface area contributed by atoms with Gasteiger partial charge in [0.1, 0.15) is 5.82 Å². The van der Waals surface area contributed by atoms with Gasteiger partial charge in [-0.05, 0) is 13.3 Å². The van der Waals surface area contributed by atoms with Crippen LogP contribution in [0.3, 0.4) is 0 Å². The summed E-state index contributed by atoms with van der Waals surface area (Å²) in [6.45, 7) is 6.19. The van der Waals surface area contributed by atoms with E-state index in [0.717, 1.165) is 5.69 Å². The summed E-state index contributed by atoms with van der Waals surface area (Å²) in [5.74, 6) is 1.76. The zero-order valence-corrected chi connectivity index (χ0v) is 14.8. The molecule has 0 aromatic carbocycles. The van der Waals surface area contributed by atoms with Gasteiger partial charge in [0, 0.05) is 50.9 Å². The number of hydrogen-bond acceptors (Lipinski definition) is 7. The van der Waals surface area contributed by atoms with E-state index >= 15 is 0 Å². The highest BCUT2D eigenvalue weighted by Gasteiger charge is 2.28. The van der Waals surface area contributed by atoms with Crippen LogP contribution in [0.15, 0.2) is 6.07 Å². The van der Waals surface area contributed by atoms with Crippen LogP contribution >= 0.6 is 0 Å². The number of amides is 1. The summed E-state index contributed by atoms with van der Waals surface area (Å²) in [5.41, 5.74) is 0.831. The molecule has 2 aliphatic heterocycles. The van der Waals surface area contributed by atoms with Crippen molar-refractivity contribution in [3.8, 4) is 0 Å². The van der Waals surface area contributed by atoms with Gasteiger partial charge in [0.05, 0.1) is 11.5 Å². The van der Waals surface area contributed by atoms with Gasteiger partial charge >= 0.3 is 0 Å². The van der Waals surface area contributed by atoms with E-state index in [1.54, 1.807) is 6.92 Å². The zero-order valence-electron chi connectivity index (χ0n) is 14.0. The Labute approximate surface area is 142 Å². The normalized spacial score (nSPS) is 23.3. The van der Waals surface area contributed by atoms with Crippen molar-refractivity contribution < 1.29 is 13.2 Å². The number of nitrogens with one attached hydrogen (secondary N) is 1. The van der Waals surface area contributed by atoms with Gasteiger partial charge in [-0.3, -0.25) is 4.79 Å². The molecule has 1 unspecified atom stereocenters. The van der Waals surface area contributed by atoms with Gasteiger partial charge in [-0.1, -0.05) is 0 Å². The predicted octanol–water partition coefficient (Wildman–Crippen LogP) is 0.0525. The van der Waals surface area contributed by atoms with Crippen molar-refractivity contribution >= 4 is 27.5 Å². The smallest absolute Gasteiger partial charge is 0.227 e. The van der Waals surface area contributed by atoms with Gasteiger partial charge in [0.25, 0.3) is 0 Å². The molecule has 1 atom stereocenters. The molecule has 3 rings (SSSR count). The second-order valence-corrected chi connectivity index (χ2v) is 8.66. The maximum absolute atomic E-state index is 11.6. The molecule has 0 spiro atoms. The van der Waals surface area contributed by atoms with Crippen molar-refractivity contribution in [1.82, 2.24) is 14.9 Å². The molecule has 0 aliphatic carbocycles. The number of carbonyl (C=O) groups is 1. The summed E-state index contributed by atoms with van der Waals surface area (Å²) >= 11 is 0. The Bertz CT molecular complexity index is 729. The first kappa shape index (κ1) is 16.9. The molecule has 1 aromatic rings. The molecule has 9 heteroatoms. The molecule has 3 heterocycles. The van der Waals surface area contributed by atoms with Crippen molar-refractivity contribution in [2.45, 2.75) is 26.3 Å². The molecule has 1 amide bonds. The highest BCUT2D eigenvalue weighted by atomic mass is 32.2. The highest BCUT2D eigenvalue weighted by molar-refractivity contribution is 7.91. The van der Waals surface area contributed by atoms with Crippen molar-refractivity contribution in [1.29, 1.82) is 0 Å². The lowest BCUT2D eigenvalue weighted by Crippen LogP contribution is -2.48. The van der Waals surface area contributed by atoms with Crippen LogP contribution in [0.1, 0.15) is 19.0 Å². The molecule has 0 radical (unpaired) electrons. The number of nitrogens with zero attached hydrogens (tertiary/aromatic N) is 4. The molecule has 24 heavy (non-hydrogen) atoms. The number of aromatic nitrogens is 2. The largest absolute Gasteiger partial charge is 0.366 e. The first-order chi connectivity index (χ1) is 11.3. The third-order valence-electron chi connectivity index (χ3n) is 4.43. The van der Waals surface area contributed by atoms with Gasteiger partial charge in [0.15, 0.2) is 9.84 Å². The molecule has 1 N–H and O–H groups in total. The summed E-state index contributed by atoms with van der Waals surface area (Å²) < 4.78 is 23.2. The lowest BCUT2D eigenvalue weighted by Gasteiger charge is -2.34. The summed E-state index contributed by atoms with van der Waals surface area (Å²) in [6, 6.07) is 1.74. The van der Waals surface area contributed by atoms with Crippen molar-refractivity contribution in [2.75, 3.05) is 47.9 Å². The monoisotopic (exact) mass is 353 g/mol. The Kier molecular flexibility index (Phi) is 4.62. The molecular weight excluding hydrogens is 330 g/mol. The maximum atomic E-state index is 11.6. The molecule has 0 bridgehead atoms. The Morgan fingerprint density at radius 3 is 2.54 bits per heavy atom.